The third-order valence-corrected chi connectivity index (χ3v) is 13.4. The summed E-state index contributed by atoms with van der Waals surface area (Å²) in [6, 6.07) is -4.12. The number of hydrogen-bond acceptors (Lipinski definition) is 16. The molecule has 0 saturated carbocycles. The number of carbonyl (C=O) groups is 9. The van der Waals surface area contributed by atoms with Crippen LogP contribution in [0.3, 0.4) is 0 Å². The number of phenols is 1. The maximum Gasteiger partial charge on any atom is 0.326 e. The molecule has 0 saturated heterocycles. The van der Waals surface area contributed by atoms with E-state index in [1.54, 1.807) is 20.1 Å². The minimum absolute atomic E-state index is 0.0388. The number of carboxylic acids is 1. The van der Waals surface area contributed by atoms with Crippen LogP contribution in [0.25, 0.3) is 0 Å². The van der Waals surface area contributed by atoms with E-state index in [9.17, 15) is 58.5 Å². The number of phenolic OH excluding ortho intramolecular Hbond substituents is 1. The second kappa shape index (κ2) is 34.6. The van der Waals surface area contributed by atoms with E-state index < -0.39 is 120 Å². The van der Waals surface area contributed by atoms with E-state index in [0.717, 1.165) is 0 Å². The molecule has 1 heterocycles. The summed E-state index contributed by atoms with van der Waals surface area (Å²) in [5.41, 5.74) is 12.6. The number of aromatic nitrogens is 2. The number of rotatable bonds is 36. The Kier molecular flexibility index (Phi) is 30.0. The smallest absolute Gasteiger partial charge is 0.326 e. The maximum absolute atomic E-state index is 14.2. The van der Waals surface area contributed by atoms with Crippen LogP contribution in [0.1, 0.15) is 90.8 Å². The Labute approximate surface area is 447 Å². The monoisotopic (exact) mass is 1090 g/mol. The van der Waals surface area contributed by atoms with Crippen LogP contribution in [-0.4, -0.2) is 170 Å². The molecule has 0 aliphatic carbocycles. The highest BCUT2D eigenvalue weighted by atomic mass is 32.2. The molecule has 0 fully saturated rings. The standard InChI is InChI=1S/C49H80N12O12S2/c1-8-28(4)41(49(72)73)61-47(70)37(22-30-12-14-32(63)15-13-30)55-39(64)25-53-42(65)38(23-31-24-52-26-54-31)59-43(66)33(11-9-10-18-50)56-44(67)34(16-19-74-6)57-45(68)35(17-20-75-7)58-46(69)36(21-27(2)3)60-48(71)40(51)29(5)62/h12-15,24,26-29,33-38,40-41,62-63H,8-11,16-23,25,50-51H2,1-7H3,(H,52,54)(H,53,65)(H,55,64)(H,56,67)(H,57,68)(H,58,69)(H,59,66)(H,60,71)(H,61,70)(H,72,73)/t28-,29+,33-,34-,35-,36-,37-,38-,40-,41-/m0/s1. The van der Waals surface area contributed by atoms with Gasteiger partial charge in [-0.3, -0.25) is 38.4 Å². The lowest BCUT2D eigenvalue weighted by Crippen LogP contribution is -2.60. The van der Waals surface area contributed by atoms with Crippen molar-refractivity contribution in [2.24, 2.45) is 23.3 Å². The summed E-state index contributed by atoms with van der Waals surface area (Å²) in [6.45, 7) is 8.04. The first-order chi connectivity index (χ1) is 35.5. The Morgan fingerprint density at radius 1 is 0.667 bits per heavy atom. The Hall–Kier alpha value is -5.96. The fourth-order valence-corrected chi connectivity index (χ4v) is 8.37. The SMILES string of the molecule is CC[C@H](C)[C@H](NC(=O)[C@H](Cc1ccc(O)cc1)NC(=O)CNC(=O)[C@H](Cc1cnc[nH]1)NC(=O)[C@H](CCCCN)NC(=O)[C@H](CCSC)NC(=O)[C@H](CCSC)NC(=O)[C@H](CC(C)C)NC(=O)[C@@H](N)[C@@H](C)O)C(=O)O. The van der Waals surface area contributed by atoms with Gasteiger partial charge in [-0.2, -0.15) is 23.5 Å². The van der Waals surface area contributed by atoms with E-state index in [1.165, 1.54) is 67.2 Å². The molecule has 24 nitrogen and oxygen atoms in total. The zero-order chi connectivity index (χ0) is 56.2. The number of aliphatic carboxylic acids is 1. The fourth-order valence-electron chi connectivity index (χ4n) is 7.43. The first-order valence-corrected chi connectivity index (χ1v) is 27.8. The summed E-state index contributed by atoms with van der Waals surface area (Å²) in [6.07, 6.45) is 6.77. The molecule has 1 aromatic carbocycles. The molecule has 0 spiro atoms. The number of thioether (sulfide) groups is 2. The van der Waals surface area contributed by atoms with E-state index >= 15 is 0 Å². The molecular weight excluding hydrogens is 1010 g/mol. The molecule has 0 unspecified atom stereocenters. The van der Waals surface area contributed by atoms with Crippen LogP contribution in [0.2, 0.25) is 0 Å². The first kappa shape index (κ1) is 65.2. The number of benzene rings is 1. The summed E-state index contributed by atoms with van der Waals surface area (Å²) in [7, 11) is 0. The largest absolute Gasteiger partial charge is 0.508 e. The first-order valence-electron chi connectivity index (χ1n) is 25.0. The molecule has 2 aromatic rings. The van der Waals surface area contributed by atoms with Crippen molar-refractivity contribution in [1.29, 1.82) is 0 Å². The predicted molar refractivity (Wildman–Crippen MR) is 286 cm³/mol. The Balaban J connectivity index is 2.36. The zero-order valence-corrected chi connectivity index (χ0v) is 45.6. The van der Waals surface area contributed by atoms with Crippen molar-refractivity contribution >= 4 is 76.8 Å². The molecule has 16 N–H and O–H groups in total. The van der Waals surface area contributed by atoms with Gasteiger partial charge in [0.15, 0.2) is 0 Å². The number of aliphatic hydroxyl groups excluding tert-OH is 1. The molecule has 2 rings (SSSR count). The van der Waals surface area contributed by atoms with Crippen LogP contribution in [0, 0.1) is 11.8 Å². The average Bonchev–Trinajstić information content (AvgIpc) is 3.89. The molecule has 8 amide bonds. The number of carbonyl (C=O) groups excluding carboxylic acids is 8. The van der Waals surface area contributed by atoms with Crippen molar-refractivity contribution in [2.45, 2.75) is 147 Å². The van der Waals surface area contributed by atoms with E-state index in [1.807, 2.05) is 20.1 Å². The number of nitrogens with zero attached hydrogens (tertiary/aromatic N) is 1. The lowest BCUT2D eigenvalue weighted by molar-refractivity contribution is -0.143. The second-order valence-electron chi connectivity index (χ2n) is 18.7. The molecule has 0 bridgehead atoms. The van der Waals surface area contributed by atoms with E-state index in [4.69, 9.17) is 11.5 Å². The molecule has 1 aromatic heterocycles. The quantitative estimate of drug-likeness (QED) is 0.0361. The van der Waals surface area contributed by atoms with Gasteiger partial charge in [0.1, 0.15) is 54.1 Å². The summed E-state index contributed by atoms with van der Waals surface area (Å²) < 4.78 is 0. The Bertz CT molecular complexity index is 2140. The number of carboxylic acid groups (broad SMARTS) is 1. The molecule has 420 valence electrons. The highest BCUT2D eigenvalue weighted by molar-refractivity contribution is 7.98. The van der Waals surface area contributed by atoms with Gasteiger partial charge in [0, 0.05) is 24.7 Å². The van der Waals surface area contributed by atoms with Gasteiger partial charge >= 0.3 is 5.97 Å². The molecule has 75 heavy (non-hydrogen) atoms. The van der Waals surface area contributed by atoms with Gasteiger partial charge in [-0.15, -0.1) is 0 Å². The van der Waals surface area contributed by atoms with Crippen LogP contribution in [-0.2, 0) is 56.0 Å². The number of nitrogens with one attached hydrogen (secondary N) is 9. The van der Waals surface area contributed by atoms with Crippen molar-refractivity contribution in [3.63, 3.8) is 0 Å². The lowest BCUT2D eigenvalue weighted by atomic mass is 9.98. The van der Waals surface area contributed by atoms with Crippen LogP contribution in [0.15, 0.2) is 36.8 Å². The summed E-state index contributed by atoms with van der Waals surface area (Å²) in [5.74, 6) is -7.07. The number of aromatic amines is 1. The van der Waals surface area contributed by atoms with Gasteiger partial charge in [-0.25, -0.2) is 9.78 Å². The summed E-state index contributed by atoms with van der Waals surface area (Å²) in [4.78, 5) is 129. The minimum atomic E-state index is -1.36. The van der Waals surface area contributed by atoms with E-state index in [0.29, 0.717) is 42.0 Å². The van der Waals surface area contributed by atoms with E-state index in [2.05, 4.69) is 52.5 Å². The molecule has 0 aliphatic rings. The van der Waals surface area contributed by atoms with Crippen LogP contribution in [0.4, 0.5) is 0 Å². The summed E-state index contributed by atoms with van der Waals surface area (Å²) >= 11 is 2.82. The number of unbranched alkanes of at least 4 members (excludes halogenated alkanes) is 1. The Morgan fingerprint density at radius 3 is 1.65 bits per heavy atom. The average molecular weight is 1090 g/mol. The topological polar surface area (TPSA) is 391 Å². The van der Waals surface area contributed by atoms with Gasteiger partial charge in [-0.05, 0) is 106 Å². The van der Waals surface area contributed by atoms with E-state index in [-0.39, 0.29) is 56.7 Å². The molecular formula is C49H80N12O12S2. The van der Waals surface area contributed by atoms with Crippen LogP contribution < -0.4 is 54.0 Å². The minimum Gasteiger partial charge on any atom is -0.508 e. The number of H-pyrrole nitrogens is 1. The molecule has 26 heteroatoms. The van der Waals surface area contributed by atoms with Gasteiger partial charge in [-0.1, -0.05) is 46.2 Å². The van der Waals surface area contributed by atoms with Crippen molar-refractivity contribution in [2.75, 3.05) is 37.1 Å². The second-order valence-corrected chi connectivity index (χ2v) is 20.7. The lowest BCUT2D eigenvalue weighted by Gasteiger charge is -2.28. The number of nitrogens with two attached hydrogens (primary N) is 2. The fraction of sp³-hybridized carbons (Fsp3) is 0.633. The van der Waals surface area contributed by atoms with Crippen molar-refractivity contribution < 1.29 is 58.5 Å². The predicted octanol–water partition coefficient (Wildman–Crippen LogP) is -1.07. The number of aromatic hydroxyl groups is 1. The Morgan fingerprint density at radius 2 is 1.17 bits per heavy atom. The third-order valence-electron chi connectivity index (χ3n) is 12.1. The number of amides is 8. The molecule has 10 atom stereocenters. The highest BCUT2D eigenvalue weighted by Crippen LogP contribution is 2.15. The van der Waals surface area contributed by atoms with Gasteiger partial charge in [0.05, 0.1) is 19.0 Å². The highest BCUT2D eigenvalue weighted by Gasteiger charge is 2.35. The zero-order valence-electron chi connectivity index (χ0n) is 43.9. The normalized spacial score (nSPS) is 15.2. The van der Waals surface area contributed by atoms with Gasteiger partial charge in [0.2, 0.25) is 47.3 Å². The summed E-state index contributed by atoms with van der Waals surface area (Å²) in [5, 5.41) is 50.5. The molecule has 0 aliphatic heterocycles. The number of hydrogen-bond donors (Lipinski definition) is 14. The molecule has 0 radical (unpaired) electrons. The van der Waals surface area contributed by atoms with Gasteiger partial charge < -0.3 is 74.3 Å². The number of imidazole rings is 1. The van der Waals surface area contributed by atoms with Gasteiger partial charge in [0.25, 0.3) is 0 Å². The van der Waals surface area contributed by atoms with Crippen molar-refractivity contribution in [3.8, 4) is 5.75 Å². The van der Waals surface area contributed by atoms with Crippen LogP contribution >= 0.6 is 23.5 Å². The number of aliphatic hydroxyl groups is 1. The maximum atomic E-state index is 14.2. The van der Waals surface area contributed by atoms with Crippen LogP contribution in [0.5, 0.6) is 5.75 Å². The van der Waals surface area contributed by atoms with Crippen molar-refractivity contribution in [1.82, 2.24) is 52.5 Å². The third kappa shape index (κ3) is 24.1. The van der Waals surface area contributed by atoms with Crippen molar-refractivity contribution in [3.05, 3.63) is 48.0 Å².